The Bertz CT molecular complexity index is 455. The van der Waals surface area contributed by atoms with Gasteiger partial charge in [-0.25, -0.2) is 4.79 Å². The Labute approximate surface area is 112 Å². The Kier molecular flexibility index (Phi) is 5.85. The van der Waals surface area contributed by atoms with Crippen molar-refractivity contribution in [2.75, 3.05) is 7.11 Å². The predicted octanol–water partition coefficient (Wildman–Crippen LogP) is 2.41. The molecule has 1 aromatic rings. The molecule has 0 bridgehead atoms. The lowest BCUT2D eigenvalue weighted by atomic mass is 10.1. The summed E-state index contributed by atoms with van der Waals surface area (Å²) < 4.78 is 10.2. The second-order valence-electron chi connectivity index (χ2n) is 4.31. The maximum atomic E-state index is 11.6. The largest absolute Gasteiger partial charge is 0.496 e. The molecule has 0 saturated carbocycles. The van der Waals surface area contributed by atoms with E-state index in [0.29, 0.717) is 12.8 Å². The molecule has 0 aliphatic heterocycles. The van der Waals surface area contributed by atoms with Gasteiger partial charge in [-0.05, 0) is 31.9 Å². The van der Waals surface area contributed by atoms with Gasteiger partial charge in [-0.15, -0.1) is 0 Å². The first kappa shape index (κ1) is 15.0. The number of esters is 1. The van der Waals surface area contributed by atoms with Gasteiger partial charge in [-0.3, -0.25) is 0 Å². The molecule has 1 aromatic carbocycles. The van der Waals surface area contributed by atoms with Crippen LogP contribution in [0.5, 0.6) is 5.75 Å². The van der Waals surface area contributed by atoms with Crippen molar-refractivity contribution >= 4 is 11.7 Å². The highest BCUT2D eigenvalue weighted by Crippen LogP contribution is 2.19. The summed E-state index contributed by atoms with van der Waals surface area (Å²) in [6, 6.07) is 7.51. The van der Waals surface area contributed by atoms with Gasteiger partial charge in [-0.1, -0.05) is 23.4 Å². The number of carbonyl (C=O) groups excluding carboxylic acids is 1. The topological polar surface area (TPSA) is 68.1 Å². The van der Waals surface area contributed by atoms with Gasteiger partial charge in [0.1, 0.15) is 5.75 Å². The minimum atomic E-state index is -0.590. The van der Waals surface area contributed by atoms with Crippen molar-refractivity contribution in [2.24, 2.45) is 5.16 Å². The molecule has 0 unspecified atom stereocenters. The summed E-state index contributed by atoms with van der Waals surface area (Å²) in [5.74, 6) is 0.157. The quantitative estimate of drug-likeness (QED) is 0.371. The van der Waals surface area contributed by atoms with Gasteiger partial charge in [0.25, 0.3) is 0 Å². The minimum absolute atomic E-state index is 0.0135. The fourth-order valence-corrected chi connectivity index (χ4v) is 1.64. The Hall–Kier alpha value is -2.04. The highest BCUT2D eigenvalue weighted by Gasteiger charge is 2.16. The van der Waals surface area contributed by atoms with Crippen LogP contribution in [0.4, 0.5) is 0 Å². The van der Waals surface area contributed by atoms with E-state index in [1.165, 1.54) is 0 Å². The first-order valence-corrected chi connectivity index (χ1v) is 6.12. The molecule has 104 valence electrons. The van der Waals surface area contributed by atoms with Crippen molar-refractivity contribution in [1.29, 1.82) is 0 Å². The first-order valence-electron chi connectivity index (χ1n) is 6.12. The lowest BCUT2D eigenvalue weighted by Crippen LogP contribution is -2.21. The molecule has 0 amide bonds. The number of benzene rings is 1. The molecule has 0 radical (unpaired) electrons. The molecule has 0 aromatic heterocycles. The van der Waals surface area contributed by atoms with Crippen LogP contribution in [-0.2, 0) is 16.0 Å². The zero-order chi connectivity index (χ0) is 14.3. The number of carbonyl (C=O) groups is 1. The molecule has 0 heterocycles. The molecule has 0 saturated heterocycles. The summed E-state index contributed by atoms with van der Waals surface area (Å²) in [7, 11) is 1.59. The van der Waals surface area contributed by atoms with Crippen LogP contribution in [0.3, 0.4) is 0 Å². The Morgan fingerprint density at radius 3 is 2.63 bits per heavy atom. The number of para-hydroxylation sites is 1. The van der Waals surface area contributed by atoms with Gasteiger partial charge >= 0.3 is 5.97 Å². The van der Waals surface area contributed by atoms with E-state index in [4.69, 9.17) is 14.7 Å². The van der Waals surface area contributed by atoms with E-state index in [2.05, 4.69) is 5.16 Å². The number of aryl methyl sites for hydroxylation is 1. The fraction of sp³-hybridized carbons (Fsp3) is 0.429. The summed E-state index contributed by atoms with van der Waals surface area (Å²) in [6.07, 6.45) is 0.592. The summed E-state index contributed by atoms with van der Waals surface area (Å²) in [5.41, 5.74) is 0.961. The van der Waals surface area contributed by atoms with Crippen molar-refractivity contribution in [1.82, 2.24) is 0 Å². The zero-order valence-electron chi connectivity index (χ0n) is 11.4. The van der Waals surface area contributed by atoms with Gasteiger partial charge in [-0.2, -0.15) is 0 Å². The van der Waals surface area contributed by atoms with Crippen LogP contribution in [0.1, 0.15) is 25.8 Å². The standard InChI is InChI=1S/C14H19NO4/c1-10(2)19-14(16)12(15-17)9-8-11-6-4-5-7-13(11)18-3/h4-7,10,17H,8-9H2,1-3H3. The van der Waals surface area contributed by atoms with E-state index >= 15 is 0 Å². The van der Waals surface area contributed by atoms with Crippen molar-refractivity contribution < 1.29 is 19.5 Å². The van der Waals surface area contributed by atoms with E-state index in [-0.39, 0.29) is 11.8 Å². The molecule has 0 fully saturated rings. The van der Waals surface area contributed by atoms with Gasteiger partial charge in [0.05, 0.1) is 13.2 Å². The Morgan fingerprint density at radius 2 is 2.05 bits per heavy atom. The van der Waals surface area contributed by atoms with Crippen LogP contribution < -0.4 is 4.74 Å². The molecule has 0 aliphatic rings. The lowest BCUT2D eigenvalue weighted by molar-refractivity contribution is -0.139. The molecular weight excluding hydrogens is 246 g/mol. The minimum Gasteiger partial charge on any atom is -0.496 e. The highest BCUT2D eigenvalue weighted by atomic mass is 16.5. The van der Waals surface area contributed by atoms with Crippen LogP contribution >= 0.6 is 0 Å². The average molecular weight is 265 g/mol. The van der Waals surface area contributed by atoms with Crippen molar-refractivity contribution in [3.63, 3.8) is 0 Å². The molecule has 1 N–H and O–H groups in total. The maximum absolute atomic E-state index is 11.6. The van der Waals surface area contributed by atoms with Gasteiger partial charge < -0.3 is 14.7 Å². The van der Waals surface area contributed by atoms with Gasteiger partial charge in [0.2, 0.25) is 0 Å². The summed E-state index contributed by atoms with van der Waals surface area (Å²) in [5, 5.41) is 11.9. The van der Waals surface area contributed by atoms with E-state index in [0.717, 1.165) is 11.3 Å². The number of oxime groups is 1. The maximum Gasteiger partial charge on any atom is 0.356 e. The van der Waals surface area contributed by atoms with Crippen LogP contribution in [0.2, 0.25) is 0 Å². The summed E-state index contributed by atoms with van der Waals surface area (Å²) in [6.45, 7) is 3.49. The summed E-state index contributed by atoms with van der Waals surface area (Å²) >= 11 is 0. The molecule has 0 spiro atoms. The van der Waals surface area contributed by atoms with Gasteiger partial charge in [0.15, 0.2) is 5.71 Å². The number of nitrogens with zero attached hydrogens (tertiary/aromatic N) is 1. The Balaban J connectivity index is 2.66. The predicted molar refractivity (Wildman–Crippen MR) is 71.8 cm³/mol. The third-order valence-corrected chi connectivity index (χ3v) is 2.52. The molecule has 5 nitrogen and oxygen atoms in total. The average Bonchev–Trinajstić information content (AvgIpc) is 2.39. The fourth-order valence-electron chi connectivity index (χ4n) is 1.64. The van der Waals surface area contributed by atoms with Crippen LogP contribution in [0, 0.1) is 0 Å². The van der Waals surface area contributed by atoms with Crippen molar-refractivity contribution in [2.45, 2.75) is 32.8 Å². The van der Waals surface area contributed by atoms with E-state index in [1.807, 2.05) is 24.3 Å². The second kappa shape index (κ2) is 7.41. The van der Waals surface area contributed by atoms with E-state index in [1.54, 1.807) is 21.0 Å². The van der Waals surface area contributed by atoms with Gasteiger partial charge in [0, 0.05) is 6.42 Å². The molecule has 0 atom stereocenters. The molecule has 19 heavy (non-hydrogen) atoms. The molecule has 0 aliphatic carbocycles. The van der Waals surface area contributed by atoms with Crippen LogP contribution in [-0.4, -0.2) is 30.1 Å². The number of hydrogen-bond acceptors (Lipinski definition) is 5. The number of rotatable bonds is 6. The van der Waals surface area contributed by atoms with Crippen LogP contribution in [0.25, 0.3) is 0 Å². The molecule has 1 rings (SSSR count). The van der Waals surface area contributed by atoms with E-state index < -0.39 is 5.97 Å². The SMILES string of the molecule is COc1ccccc1CCC(=NO)C(=O)OC(C)C. The Morgan fingerprint density at radius 1 is 1.37 bits per heavy atom. The van der Waals surface area contributed by atoms with Crippen molar-refractivity contribution in [3.8, 4) is 5.75 Å². The highest BCUT2D eigenvalue weighted by molar-refractivity contribution is 6.36. The lowest BCUT2D eigenvalue weighted by Gasteiger charge is -2.10. The zero-order valence-corrected chi connectivity index (χ0v) is 11.4. The van der Waals surface area contributed by atoms with Crippen molar-refractivity contribution in [3.05, 3.63) is 29.8 Å². The first-order chi connectivity index (χ1) is 9.08. The monoisotopic (exact) mass is 265 g/mol. The third-order valence-electron chi connectivity index (χ3n) is 2.52. The normalized spacial score (nSPS) is 11.5. The number of methoxy groups -OCH3 is 1. The summed E-state index contributed by atoms with van der Waals surface area (Å²) in [4.78, 5) is 11.6. The number of hydrogen-bond donors (Lipinski definition) is 1. The van der Waals surface area contributed by atoms with E-state index in [9.17, 15) is 4.79 Å². The number of ether oxygens (including phenoxy) is 2. The molecular formula is C14H19NO4. The van der Waals surface area contributed by atoms with Crippen LogP contribution in [0.15, 0.2) is 29.4 Å². The smallest absolute Gasteiger partial charge is 0.356 e. The third kappa shape index (κ3) is 4.62. The molecule has 5 heteroatoms. The second-order valence-corrected chi connectivity index (χ2v) is 4.31.